The van der Waals surface area contributed by atoms with Crippen LogP contribution in [0, 0.1) is 12.8 Å². The van der Waals surface area contributed by atoms with Crippen LogP contribution >= 0.6 is 11.6 Å². The van der Waals surface area contributed by atoms with Crippen molar-refractivity contribution in [3.63, 3.8) is 0 Å². The van der Waals surface area contributed by atoms with Gasteiger partial charge >= 0.3 is 0 Å². The maximum Gasteiger partial charge on any atom is 0.220 e. The monoisotopic (exact) mass is 322 g/mol. The Bertz CT molecular complexity index is 542. The summed E-state index contributed by atoms with van der Waals surface area (Å²) in [5.41, 5.74) is 1.68. The lowest BCUT2D eigenvalue weighted by atomic mass is 9.91. The zero-order valence-electron chi connectivity index (χ0n) is 14.1. The highest BCUT2D eigenvalue weighted by atomic mass is 35.5. The van der Waals surface area contributed by atoms with Crippen molar-refractivity contribution in [1.29, 1.82) is 0 Å². The van der Waals surface area contributed by atoms with Gasteiger partial charge in [-0.05, 0) is 70.3 Å². The topological polar surface area (TPSA) is 32.3 Å². The predicted octanol–water partition coefficient (Wildman–Crippen LogP) is 3.73. The van der Waals surface area contributed by atoms with E-state index in [9.17, 15) is 4.79 Å². The van der Waals surface area contributed by atoms with Crippen molar-refractivity contribution >= 4 is 17.5 Å². The van der Waals surface area contributed by atoms with Crippen LogP contribution in [0.2, 0.25) is 5.02 Å². The molecule has 0 aliphatic carbocycles. The molecule has 0 bridgehead atoms. The van der Waals surface area contributed by atoms with Crippen LogP contribution in [0.5, 0.6) is 0 Å². The summed E-state index contributed by atoms with van der Waals surface area (Å²) in [5, 5.41) is 3.91. The smallest absolute Gasteiger partial charge is 0.220 e. The van der Waals surface area contributed by atoms with Gasteiger partial charge in [-0.15, -0.1) is 0 Å². The third kappa shape index (κ3) is 4.47. The predicted molar refractivity (Wildman–Crippen MR) is 92.2 cm³/mol. The molecule has 1 saturated heterocycles. The van der Waals surface area contributed by atoms with E-state index in [2.05, 4.69) is 17.3 Å². The molecule has 0 saturated carbocycles. The van der Waals surface area contributed by atoms with E-state index >= 15 is 0 Å². The Balaban J connectivity index is 1.98. The number of hydrogen-bond donors (Lipinski definition) is 1. The Hall–Kier alpha value is -1.06. The number of amides is 1. The SMILES string of the molecule is Cc1ccc(C(C)(C)NC(=O)C[C@@H]2CCCN(C)C2)cc1Cl. The van der Waals surface area contributed by atoms with Crippen molar-refractivity contribution in [2.75, 3.05) is 20.1 Å². The van der Waals surface area contributed by atoms with E-state index in [1.807, 2.05) is 39.0 Å². The normalized spacial score (nSPS) is 20.0. The van der Waals surface area contributed by atoms with Gasteiger partial charge in [-0.1, -0.05) is 23.7 Å². The van der Waals surface area contributed by atoms with Crippen molar-refractivity contribution in [2.45, 2.75) is 45.6 Å². The number of carbonyl (C=O) groups excluding carboxylic acids is 1. The molecule has 1 aromatic rings. The first kappa shape index (κ1) is 17.3. The molecule has 1 N–H and O–H groups in total. The molecule has 4 heteroatoms. The van der Waals surface area contributed by atoms with E-state index in [1.165, 1.54) is 6.42 Å². The van der Waals surface area contributed by atoms with Crippen molar-refractivity contribution in [2.24, 2.45) is 5.92 Å². The second kappa shape index (κ2) is 7.01. The van der Waals surface area contributed by atoms with Crippen LogP contribution in [0.25, 0.3) is 0 Å². The van der Waals surface area contributed by atoms with E-state index < -0.39 is 5.54 Å². The molecule has 1 atom stereocenters. The second-order valence-corrected chi connectivity index (χ2v) is 7.52. The average molecular weight is 323 g/mol. The Morgan fingerprint density at radius 2 is 2.18 bits per heavy atom. The van der Waals surface area contributed by atoms with Crippen LogP contribution in [-0.2, 0) is 10.3 Å². The van der Waals surface area contributed by atoms with Gasteiger partial charge < -0.3 is 10.2 Å². The summed E-state index contributed by atoms with van der Waals surface area (Å²) in [5.74, 6) is 0.596. The minimum absolute atomic E-state index is 0.127. The van der Waals surface area contributed by atoms with Gasteiger partial charge in [0.05, 0.1) is 5.54 Å². The van der Waals surface area contributed by atoms with Crippen molar-refractivity contribution in [3.05, 3.63) is 34.3 Å². The highest BCUT2D eigenvalue weighted by Crippen LogP contribution is 2.26. The summed E-state index contributed by atoms with van der Waals surface area (Å²) in [6, 6.07) is 5.99. The van der Waals surface area contributed by atoms with Crippen LogP contribution in [-0.4, -0.2) is 30.9 Å². The minimum atomic E-state index is -0.408. The molecule has 1 heterocycles. The standard InChI is InChI=1S/C18H27ClN2O/c1-13-7-8-15(11-16(13)19)18(2,3)20-17(22)10-14-6-5-9-21(4)12-14/h7-8,11,14H,5-6,9-10,12H2,1-4H3,(H,20,22)/t14-/m0/s1. The summed E-state index contributed by atoms with van der Waals surface area (Å²) in [6.07, 6.45) is 2.94. The number of benzene rings is 1. The number of rotatable bonds is 4. The molecular weight excluding hydrogens is 296 g/mol. The van der Waals surface area contributed by atoms with E-state index in [0.29, 0.717) is 12.3 Å². The molecule has 1 aliphatic rings. The largest absolute Gasteiger partial charge is 0.347 e. The fraction of sp³-hybridized carbons (Fsp3) is 0.611. The number of piperidine rings is 1. The number of likely N-dealkylation sites (tertiary alicyclic amines) is 1. The first-order chi connectivity index (χ1) is 10.3. The summed E-state index contributed by atoms with van der Waals surface area (Å²) in [7, 11) is 2.13. The Morgan fingerprint density at radius 1 is 1.45 bits per heavy atom. The van der Waals surface area contributed by atoms with Gasteiger partial charge in [-0.25, -0.2) is 0 Å². The quantitative estimate of drug-likeness (QED) is 0.916. The van der Waals surface area contributed by atoms with Gasteiger partial charge in [-0.2, -0.15) is 0 Å². The molecule has 0 unspecified atom stereocenters. The van der Waals surface area contributed by atoms with Crippen LogP contribution in [0.4, 0.5) is 0 Å². The van der Waals surface area contributed by atoms with Crippen molar-refractivity contribution in [1.82, 2.24) is 10.2 Å². The third-order valence-electron chi connectivity index (χ3n) is 4.54. The van der Waals surface area contributed by atoms with Gasteiger partial charge in [0, 0.05) is 18.0 Å². The number of carbonyl (C=O) groups is 1. The molecule has 0 radical (unpaired) electrons. The summed E-state index contributed by atoms with van der Waals surface area (Å²) in [6.45, 7) is 8.20. The average Bonchev–Trinajstić information content (AvgIpc) is 2.41. The zero-order chi connectivity index (χ0) is 16.3. The lowest BCUT2D eigenvalue weighted by Gasteiger charge is -2.31. The Kier molecular flexibility index (Phi) is 5.51. The molecular formula is C18H27ClN2O. The van der Waals surface area contributed by atoms with Crippen LogP contribution in [0.15, 0.2) is 18.2 Å². The Labute approximate surface area is 139 Å². The van der Waals surface area contributed by atoms with E-state index in [4.69, 9.17) is 11.6 Å². The van der Waals surface area contributed by atoms with Crippen molar-refractivity contribution < 1.29 is 4.79 Å². The van der Waals surface area contributed by atoms with Crippen LogP contribution in [0.3, 0.4) is 0 Å². The van der Waals surface area contributed by atoms with Crippen molar-refractivity contribution in [3.8, 4) is 0 Å². The molecule has 0 spiro atoms. The van der Waals surface area contributed by atoms with Gasteiger partial charge in [0.25, 0.3) is 0 Å². The minimum Gasteiger partial charge on any atom is -0.347 e. The lowest BCUT2D eigenvalue weighted by molar-refractivity contribution is -0.124. The summed E-state index contributed by atoms with van der Waals surface area (Å²) >= 11 is 6.21. The molecule has 3 nitrogen and oxygen atoms in total. The maximum absolute atomic E-state index is 12.4. The second-order valence-electron chi connectivity index (χ2n) is 7.11. The lowest BCUT2D eigenvalue weighted by Crippen LogP contribution is -2.43. The van der Waals surface area contributed by atoms with Crippen LogP contribution < -0.4 is 5.32 Å². The third-order valence-corrected chi connectivity index (χ3v) is 4.95. The van der Waals surface area contributed by atoms with E-state index in [1.54, 1.807) is 0 Å². The first-order valence-electron chi connectivity index (χ1n) is 8.04. The molecule has 1 aliphatic heterocycles. The Morgan fingerprint density at radius 3 is 2.82 bits per heavy atom. The fourth-order valence-corrected chi connectivity index (χ4v) is 3.34. The van der Waals surface area contributed by atoms with Gasteiger partial charge in [0.1, 0.15) is 0 Å². The molecule has 1 fully saturated rings. The molecule has 0 aromatic heterocycles. The number of hydrogen-bond acceptors (Lipinski definition) is 2. The van der Waals surface area contributed by atoms with Gasteiger partial charge in [0.2, 0.25) is 5.91 Å². The first-order valence-corrected chi connectivity index (χ1v) is 8.42. The molecule has 1 amide bonds. The number of nitrogens with one attached hydrogen (secondary N) is 1. The molecule has 1 aromatic carbocycles. The highest BCUT2D eigenvalue weighted by molar-refractivity contribution is 6.31. The van der Waals surface area contributed by atoms with E-state index in [0.717, 1.165) is 35.7 Å². The molecule has 2 rings (SSSR count). The fourth-order valence-electron chi connectivity index (χ4n) is 3.16. The molecule has 122 valence electrons. The van der Waals surface area contributed by atoms with Crippen LogP contribution in [0.1, 0.15) is 44.2 Å². The van der Waals surface area contributed by atoms with E-state index in [-0.39, 0.29) is 5.91 Å². The highest BCUT2D eigenvalue weighted by Gasteiger charge is 2.26. The number of halogens is 1. The van der Waals surface area contributed by atoms with Gasteiger partial charge in [0.15, 0.2) is 0 Å². The summed E-state index contributed by atoms with van der Waals surface area (Å²) in [4.78, 5) is 14.7. The maximum atomic E-state index is 12.4. The van der Waals surface area contributed by atoms with Gasteiger partial charge in [-0.3, -0.25) is 4.79 Å². The molecule has 22 heavy (non-hydrogen) atoms. The zero-order valence-corrected chi connectivity index (χ0v) is 14.8. The number of nitrogens with zero attached hydrogens (tertiary/aromatic N) is 1. The number of aryl methyl sites for hydroxylation is 1. The summed E-state index contributed by atoms with van der Waals surface area (Å²) < 4.78 is 0.